The zero-order valence-corrected chi connectivity index (χ0v) is 22.7. The molecule has 8 nitrogen and oxygen atoms in total. The van der Waals surface area contributed by atoms with Crippen molar-refractivity contribution in [3.05, 3.63) is 79.8 Å². The standard InChI is InChI=1S/C29H26N2O6S2/c1-13-5-4-6-14(9-13)12-37-18-8-3-2-7-15(18)20-21-16-10-17(24(21)38-26-25(20)39-29(36)30-26)23-22(16)27(34)31(28(23)35)11-19(32)33/h2-9,16-17,20-24H,10-12H2,1H3,(H,30,36)(H,32,33)/t16?,17?,20-,21?,22?,23?,24?/m1/s1. The molecule has 3 heterocycles. The highest BCUT2D eigenvalue weighted by Gasteiger charge is 2.69. The summed E-state index contributed by atoms with van der Waals surface area (Å²) in [5.74, 6) is -2.45. The Morgan fingerprint density at radius 1 is 1.08 bits per heavy atom. The number of aromatic nitrogens is 1. The van der Waals surface area contributed by atoms with Gasteiger partial charge in [-0.05, 0) is 42.7 Å². The lowest BCUT2D eigenvalue weighted by Crippen LogP contribution is -2.42. The minimum absolute atomic E-state index is 0.0189. The highest BCUT2D eigenvalue weighted by Crippen LogP contribution is 2.69. The number of aromatic amines is 1. The molecule has 10 heteroatoms. The number of carboxylic acid groups (broad SMARTS) is 1. The lowest BCUT2D eigenvalue weighted by Gasteiger charge is -2.43. The molecule has 39 heavy (non-hydrogen) atoms. The molecule has 3 fully saturated rings. The van der Waals surface area contributed by atoms with Crippen LogP contribution < -0.4 is 9.61 Å². The molecule has 2 N–H and O–H groups in total. The molecule has 2 amide bonds. The maximum absolute atomic E-state index is 13.4. The summed E-state index contributed by atoms with van der Waals surface area (Å²) in [6, 6.07) is 16.1. The van der Waals surface area contributed by atoms with Crippen LogP contribution >= 0.6 is 23.1 Å². The van der Waals surface area contributed by atoms with Gasteiger partial charge in [0.15, 0.2) is 0 Å². The SMILES string of the molecule is Cc1cccc(COc2ccccc2[C@H]2c3sc(=O)[nH]c3SC3C4CC(C5C(=O)N(CC(=O)O)C(=O)C45)C32)c1. The number of likely N-dealkylation sites (tertiary alicyclic amines) is 1. The molecule has 2 bridgehead atoms. The van der Waals surface area contributed by atoms with E-state index in [9.17, 15) is 24.3 Å². The van der Waals surface area contributed by atoms with Gasteiger partial charge in [-0.25, -0.2) is 0 Å². The number of aryl methyl sites for hydroxylation is 1. The summed E-state index contributed by atoms with van der Waals surface area (Å²) in [6.07, 6.45) is 0.748. The minimum Gasteiger partial charge on any atom is -0.489 e. The van der Waals surface area contributed by atoms with Crippen LogP contribution in [0.25, 0.3) is 0 Å². The van der Waals surface area contributed by atoms with Crippen LogP contribution in [0.5, 0.6) is 5.75 Å². The number of carbonyl (C=O) groups excluding carboxylic acids is 2. The molecule has 0 radical (unpaired) electrons. The average molecular weight is 563 g/mol. The number of fused-ring (bicyclic) bond motifs is 9. The second-order valence-electron chi connectivity index (χ2n) is 10.9. The third kappa shape index (κ3) is 3.79. The highest BCUT2D eigenvalue weighted by molar-refractivity contribution is 8.00. The third-order valence-corrected chi connectivity index (χ3v) is 11.4. The van der Waals surface area contributed by atoms with Crippen LogP contribution in [0, 0.1) is 36.5 Å². The topological polar surface area (TPSA) is 117 Å². The van der Waals surface area contributed by atoms with Crippen LogP contribution in [0.1, 0.15) is 33.9 Å². The predicted octanol–water partition coefficient (Wildman–Crippen LogP) is 3.88. The van der Waals surface area contributed by atoms with Gasteiger partial charge < -0.3 is 14.8 Å². The number of para-hydroxylation sites is 1. The van der Waals surface area contributed by atoms with Gasteiger partial charge in [-0.15, -0.1) is 11.8 Å². The van der Waals surface area contributed by atoms with Crippen molar-refractivity contribution in [1.82, 2.24) is 9.88 Å². The molecule has 7 atom stereocenters. The van der Waals surface area contributed by atoms with Crippen molar-refractivity contribution in [2.24, 2.45) is 29.6 Å². The fraction of sp³-hybridized carbons (Fsp3) is 0.379. The molecule has 1 saturated heterocycles. The monoisotopic (exact) mass is 562 g/mol. The molecule has 200 valence electrons. The maximum atomic E-state index is 13.4. The zero-order chi connectivity index (χ0) is 27.0. The van der Waals surface area contributed by atoms with Crippen molar-refractivity contribution in [2.45, 2.75) is 36.1 Å². The van der Waals surface area contributed by atoms with Gasteiger partial charge in [-0.1, -0.05) is 59.4 Å². The molecule has 3 aromatic rings. The van der Waals surface area contributed by atoms with E-state index in [1.807, 2.05) is 49.4 Å². The molecule has 4 aliphatic rings. The number of benzene rings is 2. The number of H-pyrrole nitrogens is 1. The number of hydrogen-bond donors (Lipinski definition) is 2. The van der Waals surface area contributed by atoms with E-state index in [0.717, 1.165) is 43.7 Å². The van der Waals surface area contributed by atoms with Crippen LogP contribution in [0.2, 0.25) is 0 Å². The largest absolute Gasteiger partial charge is 0.489 e. The van der Waals surface area contributed by atoms with Gasteiger partial charge in [0.05, 0.1) is 16.9 Å². The first-order valence-corrected chi connectivity index (χ1v) is 14.8. The van der Waals surface area contributed by atoms with Gasteiger partial charge >= 0.3 is 10.8 Å². The summed E-state index contributed by atoms with van der Waals surface area (Å²) in [7, 11) is 0. The van der Waals surface area contributed by atoms with E-state index in [1.54, 1.807) is 11.8 Å². The van der Waals surface area contributed by atoms with Gasteiger partial charge in [0.1, 0.15) is 18.9 Å². The number of nitrogens with one attached hydrogen (secondary N) is 1. The fourth-order valence-electron chi connectivity index (χ4n) is 7.55. The molecule has 2 aromatic carbocycles. The van der Waals surface area contributed by atoms with Crippen LogP contribution in [-0.4, -0.2) is 44.6 Å². The number of thioether (sulfide) groups is 1. The van der Waals surface area contributed by atoms with Gasteiger partial charge in [0, 0.05) is 21.6 Å². The number of ether oxygens (including phenoxy) is 1. The van der Waals surface area contributed by atoms with Crippen molar-refractivity contribution in [2.75, 3.05) is 6.54 Å². The van der Waals surface area contributed by atoms with E-state index in [0.29, 0.717) is 6.61 Å². The molecule has 2 aliphatic carbocycles. The summed E-state index contributed by atoms with van der Waals surface area (Å²) in [4.78, 5) is 55.4. The van der Waals surface area contributed by atoms with Gasteiger partial charge in [0.25, 0.3) is 0 Å². The first-order chi connectivity index (χ1) is 18.8. The van der Waals surface area contributed by atoms with Gasteiger partial charge in [-0.3, -0.25) is 24.1 Å². The van der Waals surface area contributed by atoms with E-state index in [1.165, 1.54) is 11.3 Å². The van der Waals surface area contributed by atoms with E-state index >= 15 is 0 Å². The summed E-state index contributed by atoms with van der Waals surface area (Å²) >= 11 is 2.81. The summed E-state index contributed by atoms with van der Waals surface area (Å²) < 4.78 is 6.38. The number of amides is 2. The van der Waals surface area contributed by atoms with E-state index in [-0.39, 0.29) is 45.6 Å². The number of imide groups is 1. The van der Waals surface area contributed by atoms with Crippen molar-refractivity contribution in [3.63, 3.8) is 0 Å². The number of carbonyl (C=O) groups is 3. The Kier molecular flexibility index (Phi) is 5.75. The van der Waals surface area contributed by atoms with Crippen LogP contribution in [0.3, 0.4) is 0 Å². The Balaban J connectivity index is 1.28. The maximum Gasteiger partial charge on any atom is 0.323 e. The van der Waals surface area contributed by atoms with Crippen molar-refractivity contribution >= 4 is 40.9 Å². The van der Waals surface area contributed by atoms with E-state index in [4.69, 9.17) is 4.74 Å². The molecular formula is C29H26N2O6S2. The number of hydrogen-bond acceptors (Lipinski definition) is 7. The Hall–Kier alpha value is -3.37. The quantitative estimate of drug-likeness (QED) is 0.438. The Labute approximate surface area is 232 Å². The third-order valence-electron chi connectivity index (χ3n) is 8.84. The first-order valence-electron chi connectivity index (χ1n) is 13.1. The van der Waals surface area contributed by atoms with E-state index in [2.05, 4.69) is 11.1 Å². The average Bonchev–Trinajstić information content (AvgIpc) is 3.63. The lowest BCUT2D eigenvalue weighted by molar-refractivity contribution is -0.149. The number of carboxylic acids is 1. The Morgan fingerprint density at radius 2 is 1.85 bits per heavy atom. The predicted molar refractivity (Wildman–Crippen MR) is 145 cm³/mol. The Morgan fingerprint density at radius 3 is 2.62 bits per heavy atom. The summed E-state index contributed by atoms with van der Waals surface area (Å²) in [6.45, 7) is 1.85. The van der Waals surface area contributed by atoms with Gasteiger partial charge in [-0.2, -0.15) is 0 Å². The van der Waals surface area contributed by atoms with Crippen LogP contribution in [0.15, 0.2) is 58.4 Å². The number of rotatable bonds is 6. The van der Waals surface area contributed by atoms with Crippen molar-refractivity contribution in [1.29, 1.82) is 0 Å². The molecule has 2 aliphatic heterocycles. The molecule has 6 unspecified atom stereocenters. The molecule has 2 saturated carbocycles. The normalized spacial score (nSPS) is 30.3. The van der Waals surface area contributed by atoms with Crippen LogP contribution in [-0.2, 0) is 21.0 Å². The lowest BCUT2D eigenvalue weighted by atomic mass is 9.68. The minimum atomic E-state index is -1.19. The molecule has 7 rings (SSSR count). The summed E-state index contributed by atoms with van der Waals surface area (Å²) in [5, 5.41) is 10.2. The van der Waals surface area contributed by atoms with Crippen molar-refractivity contribution in [3.8, 4) is 5.75 Å². The Bertz CT molecular complexity index is 1580. The summed E-state index contributed by atoms with van der Waals surface area (Å²) in [5.41, 5.74) is 3.19. The molecule has 0 spiro atoms. The van der Waals surface area contributed by atoms with Crippen molar-refractivity contribution < 1.29 is 24.2 Å². The fourth-order valence-corrected chi connectivity index (χ4v) is 10.4. The highest BCUT2D eigenvalue weighted by atomic mass is 32.2. The second-order valence-corrected chi connectivity index (χ2v) is 13.1. The number of nitrogens with zero attached hydrogens (tertiary/aromatic N) is 1. The zero-order valence-electron chi connectivity index (χ0n) is 21.0. The van der Waals surface area contributed by atoms with Gasteiger partial charge in [0.2, 0.25) is 11.8 Å². The number of aliphatic carboxylic acids is 1. The number of thiazole rings is 1. The molecule has 1 aromatic heterocycles. The second kappa shape index (κ2) is 9.09. The smallest absolute Gasteiger partial charge is 0.323 e. The molecular weight excluding hydrogens is 536 g/mol. The van der Waals surface area contributed by atoms with E-state index < -0.39 is 24.3 Å². The first kappa shape index (κ1) is 24.7. The van der Waals surface area contributed by atoms with Crippen LogP contribution in [0.4, 0.5) is 0 Å².